The largest absolute Gasteiger partial charge is 0.343 e. The summed E-state index contributed by atoms with van der Waals surface area (Å²) in [7, 11) is 0. The van der Waals surface area contributed by atoms with Crippen molar-refractivity contribution < 1.29 is 4.79 Å². The van der Waals surface area contributed by atoms with E-state index >= 15 is 0 Å². The molecule has 94 valence electrons. The first-order valence-corrected chi connectivity index (χ1v) is 6.21. The smallest absolute Gasteiger partial charge is 0.252 e. The number of amides is 1. The van der Waals surface area contributed by atoms with E-state index in [1.54, 1.807) is 18.3 Å². The Morgan fingerprint density at radius 3 is 2.94 bits per heavy atom. The Kier molecular flexibility index (Phi) is 3.85. The van der Waals surface area contributed by atoms with Gasteiger partial charge in [-0.3, -0.25) is 4.79 Å². The van der Waals surface area contributed by atoms with Crippen molar-refractivity contribution in [2.45, 2.75) is 13.0 Å². The molecule has 1 unspecified atom stereocenters. The lowest BCUT2D eigenvalue weighted by Gasteiger charge is -2.11. The molecule has 1 amide bonds. The van der Waals surface area contributed by atoms with Gasteiger partial charge in [0.25, 0.3) is 5.91 Å². The van der Waals surface area contributed by atoms with Gasteiger partial charge in [0.2, 0.25) is 0 Å². The lowest BCUT2D eigenvalue weighted by molar-refractivity contribution is 0.0940. The maximum atomic E-state index is 12.0. The van der Waals surface area contributed by atoms with Crippen molar-refractivity contribution in [2.24, 2.45) is 5.84 Å². The molecule has 1 atom stereocenters. The molecule has 2 aromatic rings. The molecule has 18 heavy (non-hydrogen) atoms. The highest BCUT2D eigenvalue weighted by molar-refractivity contribution is 7.09. The summed E-state index contributed by atoms with van der Waals surface area (Å²) in [5.74, 6) is 5.51. The molecule has 0 aromatic carbocycles. The van der Waals surface area contributed by atoms with E-state index < -0.39 is 0 Å². The number of nitrogens with two attached hydrogens (primary N) is 1. The van der Waals surface area contributed by atoms with Crippen LogP contribution in [0.2, 0.25) is 0 Å². The number of pyridine rings is 1. The summed E-state index contributed by atoms with van der Waals surface area (Å²) in [5, 5.41) is 5.61. The lowest BCUT2D eigenvalue weighted by atomic mass is 10.2. The molecule has 0 radical (unpaired) electrons. The van der Waals surface area contributed by atoms with Crippen LogP contribution in [-0.4, -0.2) is 15.9 Å². The first-order chi connectivity index (χ1) is 8.70. The van der Waals surface area contributed by atoms with Gasteiger partial charge in [-0.05, 0) is 19.1 Å². The highest BCUT2D eigenvalue weighted by Crippen LogP contribution is 2.15. The average molecular weight is 263 g/mol. The Balaban J connectivity index is 2.07. The van der Waals surface area contributed by atoms with Crippen molar-refractivity contribution in [1.82, 2.24) is 15.3 Å². The third-order valence-electron chi connectivity index (χ3n) is 2.34. The number of anilines is 1. The Labute approximate surface area is 108 Å². The Bertz CT molecular complexity index is 528. The maximum Gasteiger partial charge on any atom is 0.252 e. The zero-order chi connectivity index (χ0) is 13.0. The molecule has 0 aliphatic carbocycles. The number of hydrogen-bond acceptors (Lipinski definition) is 6. The summed E-state index contributed by atoms with van der Waals surface area (Å²) >= 11 is 1.51. The number of nitrogens with zero attached hydrogens (tertiary/aromatic N) is 2. The number of rotatable bonds is 4. The Morgan fingerprint density at radius 1 is 1.44 bits per heavy atom. The van der Waals surface area contributed by atoms with Crippen LogP contribution >= 0.6 is 11.3 Å². The van der Waals surface area contributed by atoms with Crippen LogP contribution in [0.3, 0.4) is 0 Å². The molecule has 0 aliphatic rings. The predicted octanol–water partition coefficient (Wildman–Crippen LogP) is 1.31. The number of thiazole rings is 1. The molecular formula is C11H13N5OS. The Morgan fingerprint density at radius 2 is 2.28 bits per heavy atom. The van der Waals surface area contributed by atoms with Crippen LogP contribution in [-0.2, 0) is 0 Å². The number of hydrogen-bond donors (Lipinski definition) is 3. The van der Waals surface area contributed by atoms with Crippen molar-refractivity contribution in [1.29, 1.82) is 0 Å². The van der Waals surface area contributed by atoms with E-state index in [0.29, 0.717) is 11.4 Å². The molecule has 2 aromatic heterocycles. The van der Waals surface area contributed by atoms with Gasteiger partial charge < -0.3 is 10.7 Å². The van der Waals surface area contributed by atoms with Crippen molar-refractivity contribution >= 4 is 23.1 Å². The van der Waals surface area contributed by atoms with Crippen LogP contribution in [0.1, 0.15) is 28.3 Å². The summed E-state index contributed by atoms with van der Waals surface area (Å²) in [5.41, 5.74) is 2.90. The van der Waals surface area contributed by atoms with E-state index in [4.69, 9.17) is 5.84 Å². The molecule has 0 spiro atoms. The molecule has 0 aliphatic heterocycles. The van der Waals surface area contributed by atoms with Crippen molar-refractivity contribution in [3.05, 3.63) is 40.5 Å². The number of aromatic nitrogens is 2. The van der Waals surface area contributed by atoms with E-state index in [1.807, 2.05) is 12.3 Å². The monoisotopic (exact) mass is 263 g/mol. The topological polar surface area (TPSA) is 92.9 Å². The maximum absolute atomic E-state index is 12.0. The molecule has 6 nitrogen and oxygen atoms in total. The minimum absolute atomic E-state index is 0.125. The first kappa shape index (κ1) is 12.5. The van der Waals surface area contributed by atoms with Crippen LogP contribution in [0, 0.1) is 0 Å². The van der Waals surface area contributed by atoms with Gasteiger partial charge in [0.05, 0.1) is 6.04 Å². The second-order valence-electron chi connectivity index (χ2n) is 3.64. The minimum Gasteiger partial charge on any atom is -0.343 e. The fraction of sp³-hybridized carbons (Fsp3) is 0.182. The lowest BCUT2D eigenvalue weighted by Crippen LogP contribution is -2.26. The zero-order valence-corrected chi connectivity index (χ0v) is 10.6. The van der Waals surface area contributed by atoms with E-state index in [2.05, 4.69) is 20.7 Å². The third-order valence-corrected chi connectivity index (χ3v) is 3.30. The van der Waals surface area contributed by atoms with E-state index in [9.17, 15) is 4.79 Å². The molecule has 0 saturated heterocycles. The number of nitrogens with one attached hydrogen (secondary N) is 2. The summed E-state index contributed by atoms with van der Waals surface area (Å²) in [4.78, 5) is 20.1. The quantitative estimate of drug-likeness (QED) is 0.571. The highest BCUT2D eigenvalue weighted by Gasteiger charge is 2.13. The normalized spacial score (nSPS) is 11.9. The minimum atomic E-state index is -0.184. The molecule has 2 heterocycles. The van der Waals surface area contributed by atoms with Gasteiger partial charge in [0.1, 0.15) is 10.8 Å². The third kappa shape index (κ3) is 2.82. The van der Waals surface area contributed by atoms with Crippen LogP contribution < -0.4 is 16.6 Å². The van der Waals surface area contributed by atoms with Gasteiger partial charge in [-0.1, -0.05) is 0 Å². The number of carbonyl (C=O) groups excluding carboxylic acids is 1. The molecular weight excluding hydrogens is 250 g/mol. The van der Waals surface area contributed by atoms with Crippen LogP contribution in [0.25, 0.3) is 0 Å². The second kappa shape index (κ2) is 5.56. The SMILES string of the molecule is CC(NC(=O)c1ccnc(NN)c1)c1nccs1. The highest BCUT2D eigenvalue weighted by atomic mass is 32.1. The van der Waals surface area contributed by atoms with Gasteiger partial charge in [-0.15, -0.1) is 11.3 Å². The van der Waals surface area contributed by atoms with Crippen LogP contribution in [0.5, 0.6) is 0 Å². The van der Waals surface area contributed by atoms with E-state index in [-0.39, 0.29) is 11.9 Å². The predicted molar refractivity (Wildman–Crippen MR) is 70.0 cm³/mol. The van der Waals surface area contributed by atoms with Crippen molar-refractivity contribution in [3.8, 4) is 0 Å². The van der Waals surface area contributed by atoms with Gasteiger partial charge in [0.15, 0.2) is 0 Å². The number of nitrogen functional groups attached to an aromatic ring is 1. The fourth-order valence-corrected chi connectivity index (χ4v) is 2.09. The van der Waals surface area contributed by atoms with Gasteiger partial charge >= 0.3 is 0 Å². The summed E-state index contributed by atoms with van der Waals surface area (Å²) in [6.45, 7) is 1.89. The average Bonchev–Trinajstić information content (AvgIpc) is 2.92. The summed E-state index contributed by atoms with van der Waals surface area (Å²) in [6.07, 6.45) is 3.24. The van der Waals surface area contributed by atoms with Gasteiger partial charge in [-0.25, -0.2) is 15.8 Å². The number of hydrazine groups is 1. The van der Waals surface area contributed by atoms with Gasteiger partial charge in [0, 0.05) is 23.3 Å². The summed E-state index contributed by atoms with van der Waals surface area (Å²) in [6, 6.07) is 3.09. The van der Waals surface area contributed by atoms with E-state index in [0.717, 1.165) is 5.01 Å². The summed E-state index contributed by atoms with van der Waals surface area (Å²) < 4.78 is 0. The number of carbonyl (C=O) groups is 1. The molecule has 0 saturated carbocycles. The first-order valence-electron chi connectivity index (χ1n) is 5.33. The molecule has 0 fully saturated rings. The molecule has 4 N–H and O–H groups in total. The van der Waals surface area contributed by atoms with E-state index in [1.165, 1.54) is 17.5 Å². The van der Waals surface area contributed by atoms with Crippen LogP contribution in [0.15, 0.2) is 29.9 Å². The van der Waals surface area contributed by atoms with Crippen LogP contribution in [0.4, 0.5) is 5.82 Å². The Hall–Kier alpha value is -1.99. The standard InChI is InChI=1S/C11H13N5OS/c1-7(11-14-4-5-18-11)15-10(17)8-2-3-13-9(6-8)16-12/h2-7H,12H2,1H3,(H,13,16)(H,15,17). The molecule has 2 rings (SSSR count). The second-order valence-corrected chi connectivity index (χ2v) is 4.57. The zero-order valence-electron chi connectivity index (χ0n) is 9.75. The fourth-order valence-electron chi connectivity index (χ4n) is 1.44. The van der Waals surface area contributed by atoms with Gasteiger partial charge in [-0.2, -0.15) is 0 Å². The van der Waals surface area contributed by atoms with Crippen molar-refractivity contribution in [2.75, 3.05) is 5.43 Å². The van der Waals surface area contributed by atoms with Crippen molar-refractivity contribution in [3.63, 3.8) is 0 Å². The molecule has 0 bridgehead atoms. The molecule has 7 heteroatoms.